The number of aryl methyl sites for hydroxylation is 1. The molecule has 3 heterocycles. The summed E-state index contributed by atoms with van der Waals surface area (Å²) >= 11 is 0. The zero-order valence-electron chi connectivity index (χ0n) is 22.9. The minimum Gasteiger partial charge on any atom is -0.497 e. The summed E-state index contributed by atoms with van der Waals surface area (Å²) < 4.78 is 36.3. The lowest BCUT2D eigenvalue weighted by atomic mass is 10.1. The lowest BCUT2D eigenvalue weighted by molar-refractivity contribution is -0.106. The summed E-state index contributed by atoms with van der Waals surface area (Å²) in [4.78, 5) is 17.8. The van der Waals surface area contributed by atoms with E-state index in [2.05, 4.69) is 20.4 Å². The highest BCUT2D eigenvalue weighted by molar-refractivity contribution is 5.88. The maximum atomic E-state index is 15.5. The van der Waals surface area contributed by atoms with Crippen molar-refractivity contribution in [3.05, 3.63) is 72.3 Å². The second kappa shape index (κ2) is 12.5. The predicted molar refractivity (Wildman–Crippen MR) is 152 cm³/mol. The molecule has 0 bridgehead atoms. The van der Waals surface area contributed by atoms with Crippen LogP contribution >= 0.6 is 0 Å². The molecule has 11 heteroatoms. The van der Waals surface area contributed by atoms with Gasteiger partial charge in [0.15, 0.2) is 5.82 Å². The van der Waals surface area contributed by atoms with E-state index < -0.39 is 5.82 Å². The summed E-state index contributed by atoms with van der Waals surface area (Å²) in [5, 5.41) is 4.50. The number of nitrogens with two attached hydrogens (primary N) is 1. The normalized spacial score (nSPS) is 12.5. The van der Waals surface area contributed by atoms with Crippen molar-refractivity contribution in [1.82, 2.24) is 24.3 Å². The summed E-state index contributed by atoms with van der Waals surface area (Å²) in [6.45, 7) is 4.44. The molecule has 6 rings (SSSR count). The van der Waals surface area contributed by atoms with Crippen molar-refractivity contribution >= 4 is 17.4 Å². The van der Waals surface area contributed by atoms with Gasteiger partial charge in [-0.2, -0.15) is 5.10 Å². The van der Waals surface area contributed by atoms with Crippen molar-refractivity contribution in [1.29, 1.82) is 0 Å². The number of rotatable bonds is 7. The quantitative estimate of drug-likeness (QED) is 0.284. The average Bonchev–Trinajstić information content (AvgIpc) is 3.57. The minimum absolute atomic E-state index is 0.250. The first-order valence-corrected chi connectivity index (χ1v) is 13.3. The lowest BCUT2D eigenvalue weighted by Gasteiger charge is -2.17. The van der Waals surface area contributed by atoms with Crippen LogP contribution in [0.4, 0.5) is 4.39 Å². The molecule has 2 aromatic heterocycles. The number of carbonyl (C=O) groups excluding carboxylic acids is 1. The van der Waals surface area contributed by atoms with Crippen molar-refractivity contribution in [2.45, 2.75) is 32.9 Å². The second-order valence-corrected chi connectivity index (χ2v) is 9.31. The van der Waals surface area contributed by atoms with E-state index >= 15 is 4.39 Å². The van der Waals surface area contributed by atoms with E-state index in [9.17, 15) is 0 Å². The van der Waals surface area contributed by atoms with Gasteiger partial charge in [-0.1, -0.05) is 18.2 Å². The molecular formula is C30H31FN6O4. The fourth-order valence-electron chi connectivity index (χ4n) is 4.81. The average molecular weight is 559 g/mol. The molecule has 0 radical (unpaired) electrons. The van der Waals surface area contributed by atoms with Gasteiger partial charge in [0, 0.05) is 24.2 Å². The van der Waals surface area contributed by atoms with E-state index in [-0.39, 0.29) is 6.41 Å². The van der Waals surface area contributed by atoms with Crippen molar-refractivity contribution in [2.75, 3.05) is 20.3 Å². The standard InChI is InChI=1S/C29H28FN5O3.CH3NO/c1-3-37-22-15-25-27-26(16-22)38-13-5-4-12-35(27)29(32-25)20-8-11-23(24(30)14-20)28-31-18-34(33-28)17-19-6-9-21(36-2)10-7-19;2-1-3/h6-11,14-16,18H,3-5,12-13,17H2,1-2H3;1H,(H2,2,3). The van der Waals surface area contributed by atoms with Gasteiger partial charge in [-0.05, 0) is 49.6 Å². The maximum absolute atomic E-state index is 15.5. The second-order valence-electron chi connectivity index (χ2n) is 9.31. The van der Waals surface area contributed by atoms with E-state index in [1.54, 1.807) is 24.2 Å². The van der Waals surface area contributed by atoms with Crippen molar-refractivity contribution in [3.63, 3.8) is 0 Å². The summed E-state index contributed by atoms with van der Waals surface area (Å²) in [6, 6.07) is 16.7. The Hall–Kier alpha value is -4.93. The number of nitrogens with zero attached hydrogens (tertiary/aromatic N) is 5. The van der Waals surface area contributed by atoms with Gasteiger partial charge in [-0.15, -0.1) is 0 Å². The number of amides is 1. The summed E-state index contributed by atoms with van der Waals surface area (Å²) in [5.74, 6) is 2.88. The van der Waals surface area contributed by atoms with Gasteiger partial charge in [-0.25, -0.2) is 19.0 Å². The molecule has 1 amide bonds. The Morgan fingerprint density at radius 3 is 2.63 bits per heavy atom. The Morgan fingerprint density at radius 2 is 1.90 bits per heavy atom. The summed E-state index contributed by atoms with van der Waals surface area (Å²) in [7, 11) is 1.63. The lowest BCUT2D eigenvalue weighted by Crippen LogP contribution is -2.09. The van der Waals surface area contributed by atoms with E-state index in [4.69, 9.17) is 24.0 Å². The van der Waals surface area contributed by atoms with Crippen LogP contribution in [0.5, 0.6) is 17.2 Å². The topological polar surface area (TPSA) is 119 Å². The van der Waals surface area contributed by atoms with E-state index in [1.807, 2.05) is 49.4 Å². The van der Waals surface area contributed by atoms with Crippen LogP contribution in [0, 0.1) is 5.82 Å². The Balaban J connectivity index is 0.00000108. The van der Waals surface area contributed by atoms with Gasteiger partial charge in [-0.3, -0.25) is 4.79 Å². The number of ether oxygens (including phenoxy) is 3. The number of benzene rings is 3. The van der Waals surface area contributed by atoms with Crippen molar-refractivity contribution in [2.24, 2.45) is 5.73 Å². The third-order valence-electron chi connectivity index (χ3n) is 6.63. The van der Waals surface area contributed by atoms with Crippen molar-refractivity contribution in [3.8, 4) is 40.0 Å². The van der Waals surface area contributed by atoms with Crippen LogP contribution in [0.2, 0.25) is 0 Å². The van der Waals surface area contributed by atoms with Crippen molar-refractivity contribution < 1.29 is 23.4 Å². The smallest absolute Gasteiger partial charge is 0.204 e. The van der Waals surface area contributed by atoms with E-state index in [0.717, 1.165) is 47.5 Å². The Labute approximate surface area is 236 Å². The molecule has 0 fully saturated rings. The molecule has 0 spiro atoms. The largest absolute Gasteiger partial charge is 0.497 e. The number of hydrogen-bond acceptors (Lipinski definition) is 7. The molecule has 3 aromatic carbocycles. The van der Waals surface area contributed by atoms with Gasteiger partial charge < -0.3 is 24.5 Å². The fraction of sp³-hybridized carbons (Fsp3) is 0.267. The number of imidazole rings is 1. The molecular weight excluding hydrogens is 527 g/mol. The fourth-order valence-corrected chi connectivity index (χ4v) is 4.81. The van der Waals surface area contributed by atoms with E-state index in [1.165, 1.54) is 6.07 Å². The number of aromatic nitrogens is 5. The van der Waals surface area contributed by atoms with E-state index in [0.29, 0.717) is 48.3 Å². The highest BCUT2D eigenvalue weighted by Gasteiger charge is 2.21. The number of hydrogen-bond donors (Lipinski definition) is 1. The first-order valence-electron chi connectivity index (χ1n) is 13.3. The first-order chi connectivity index (χ1) is 20.0. The van der Waals surface area contributed by atoms with Gasteiger partial charge >= 0.3 is 0 Å². The van der Waals surface area contributed by atoms with Crippen LogP contribution in [-0.2, 0) is 17.9 Å². The van der Waals surface area contributed by atoms with Gasteiger partial charge in [0.2, 0.25) is 6.41 Å². The Kier molecular flexibility index (Phi) is 8.42. The molecule has 2 N–H and O–H groups in total. The van der Waals surface area contributed by atoms with Gasteiger partial charge in [0.25, 0.3) is 0 Å². The molecule has 5 aromatic rings. The monoisotopic (exact) mass is 558 g/mol. The number of methoxy groups -OCH3 is 1. The molecule has 0 saturated heterocycles. The molecule has 0 saturated carbocycles. The number of halogens is 1. The maximum Gasteiger partial charge on any atom is 0.204 e. The van der Waals surface area contributed by atoms with Crippen LogP contribution in [0.25, 0.3) is 33.8 Å². The molecule has 41 heavy (non-hydrogen) atoms. The zero-order valence-corrected chi connectivity index (χ0v) is 22.9. The summed E-state index contributed by atoms with van der Waals surface area (Å²) in [5.41, 5.74) is 7.91. The molecule has 0 aliphatic carbocycles. The van der Waals surface area contributed by atoms with Crippen LogP contribution in [0.3, 0.4) is 0 Å². The molecule has 0 atom stereocenters. The minimum atomic E-state index is -0.401. The SMILES string of the molecule is CCOc1cc2c3c(c1)nc(-c1ccc(-c4ncn(Cc5ccc(OC)cc5)n4)c(F)c1)n3CCCCO2.NC=O. The van der Waals surface area contributed by atoms with Crippen LogP contribution in [0.1, 0.15) is 25.3 Å². The van der Waals surface area contributed by atoms with Gasteiger partial charge in [0.1, 0.15) is 40.7 Å². The molecule has 212 valence electrons. The summed E-state index contributed by atoms with van der Waals surface area (Å²) in [6.07, 6.45) is 3.74. The highest BCUT2D eigenvalue weighted by Crippen LogP contribution is 2.37. The van der Waals surface area contributed by atoms with Crippen LogP contribution in [-0.4, -0.2) is 51.0 Å². The molecule has 10 nitrogen and oxygen atoms in total. The Morgan fingerprint density at radius 1 is 1.10 bits per heavy atom. The van der Waals surface area contributed by atoms with Gasteiger partial charge in [0.05, 0.1) is 37.9 Å². The molecule has 1 aliphatic heterocycles. The third-order valence-corrected chi connectivity index (χ3v) is 6.63. The van der Waals surface area contributed by atoms with Crippen LogP contribution in [0.15, 0.2) is 60.9 Å². The molecule has 0 unspecified atom stereocenters. The van der Waals surface area contributed by atoms with Crippen LogP contribution < -0.4 is 19.9 Å². The Bertz CT molecular complexity index is 1650. The number of carbonyl (C=O) groups is 1. The first kappa shape index (κ1) is 27.6. The predicted octanol–water partition coefficient (Wildman–Crippen LogP) is 4.83. The zero-order chi connectivity index (χ0) is 28.8. The number of primary amides is 1. The highest BCUT2D eigenvalue weighted by atomic mass is 19.1. The molecule has 1 aliphatic rings. The third kappa shape index (κ3) is 5.98.